The molecular weight excluding hydrogens is 202 g/mol. The van der Waals surface area contributed by atoms with Crippen molar-refractivity contribution in [3.05, 3.63) is 24.3 Å². The maximum absolute atomic E-state index is 9.94. The zero-order valence-electron chi connectivity index (χ0n) is 9.80. The van der Waals surface area contributed by atoms with E-state index >= 15 is 0 Å². The molecule has 1 aliphatic heterocycles. The van der Waals surface area contributed by atoms with Crippen LogP contribution in [0.2, 0.25) is 0 Å². The van der Waals surface area contributed by atoms with Crippen molar-refractivity contribution in [3.8, 4) is 0 Å². The third-order valence-electron chi connectivity index (χ3n) is 3.18. The summed E-state index contributed by atoms with van der Waals surface area (Å²) in [6.07, 6.45) is -0.285. The van der Waals surface area contributed by atoms with Crippen LogP contribution in [0.4, 0.5) is 11.4 Å². The first-order valence-corrected chi connectivity index (χ1v) is 5.53. The van der Waals surface area contributed by atoms with E-state index < -0.39 is 0 Å². The number of likely N-dealkylation sites (N-methyl/N-ethyl adjacent to an activating group) is 1. The van der Waals surface area contributed by atoms with Crippen LogP contribution >= 0.6 is 0 Å². The Bertz CT molecular complexity index is 350. The molecule has 0 aliphatic carbocycles. The van der Waals surface area contributed by atoms with Crippen molar-refractivity contribution in [2.24, 2.45) is 0 Å². The first-order chi connectivity index (χ1) is 7.58. The molecule has 1 fully saturated rings. The number of aliphatic hydroxyl groups is 1. The van der Waals surface area contributed by atoms with Crippen LogP contribution in [-0.4, -0.2) is 49.3 Å². The number of nitrogens with two attached hydrogens (primary N) is 1. The number of anilines is 2. The summed E-state index contributed by atoms with van der Waals surface area (Å²) < 4.78 is 0. The molecule has 0 bridgehead atoms. The monoisotopic (exact) mass is 221 g/mol. The average Bonchev–Trinajstić information content (AvgIpc) is 2.61. The largest absolute Gasteiger partial charge is 0.399 e. The average molecular weight is 221 g/mol. The number of hydrogen-bond acceptors (Lipinski definition) is 4. The Morgan fingerprint density at radius 2 is 1.88 bits per heavy atom. The zero-order chi connectivity index (χ0) is 11.7. The maximum atomic E-state index is 9.94. The maximum Gasteiger partial charge on any atom is 0.0886 e. The Hall–Kier alpha value is -1.26. The summed E-state index contributed by atoms with van der Waals surface area (Å²) in [6, 6.07) is 7.99. The van der Waals surface area contributed by atoms with Gasteiger partial charge in [-0.2, -0.15) is 0 Å². The number of β-amino-alcohol motifs (C(OH)–C–C–N with tert-alkyl or cyclic N) is 1. The smallest absolute Gasteiger partial charge is 0.0886 e. The highest BCUT2D eigenvalue weighted by molar-refractivity contribution is 5.54. The molecule has 2 atom stereocenters. The zero-order valence-corrected chi connectivity index (χ0v) is 9.80. The van der Waals surface area contributed by atoms with E-state index in [0.717, 1.165) is 17.9 Å². The number of nitrogen functional groups attached to an aromatic ring is 1. The second-order valence-electron chi connectivity index (χ2n) is 4.59. The van der Waals surface area contributed by atoms with Gasteiger partial charge in [0.15, 0.2) is 0 Å². The molecule has 0 spiro atoms. The normalized spacial score (nSPS) is 25.4. The molecule has 16 heavy (non-hydrogen) atoms. The van der Waals surface area contributed by atoms with Crippen molar-refractivity contribution < 1.29 is 5.11 Å². The Morgan fingerprint density at radius 1 is 1.25 bits per heavy atom. The van der Waals surface area contributed by atoms with Gasteiger partial charge in [0.05, 0.1) is 12.1 Å². The number of benzene rings is 1. The first kappa shape index (κ1) is 11.2. The molecule has 0 unspecified atom stereocenters. The minimum atomic E-state index is -0.285. The van der Waals surface area contributed by atoms with Crippen molar-refractivity contribution in [1.29, 1.82) is 0 Å². The van der Waals surface area contributed by atoms with E-state index in [0.29, 0.717) is 6.54 Å². The molecule has 1 saturated heterocycles. The Morgan fingerprint density at radius 3 is 2.38 bits per heavy atom. The van der Waals surface area contributed by atoms with E-state index in [9.17, 15) is 5.11 Å². The van der Waals surface area contributed by atoms with Gasteiger partial charge in [-0.15, -0.1) is 0 Å². The van der Waals surface area contributed by atoms with Crippen LogP contribution < -0.4 is 10.6 Å². The Kier molecular flexibility index (Phi) is 3.03. The highest BCUT2D eigenvalue weighted by atomic mass is 16.3. The molecule has 0 amide bonds. The van der Waals surface area contributed by atoms with E-state index in [1.54, 1.807) is 0 Å². The third-order valence-corrected chi connectivity index (χ3v) is 3.18. The van der Waals surface area contributed by atoms with Crippen molar-refractivity contribution in [2.45, 2.75) is 12.1 Å². The quantitative estimate of drug-likeness (QED) is 0.709. The Balaban J connectivity index is 2.10. The van der Waals surface area contributed by atoms with Gasteiger partial charge in [0.2, 0.25) is 0 Å². The number of aliphatic hydroxyl groups excluding tert-OH is 1. The molecule has 0 aromatic heterocycles. The van der Waals surface area contributed by atoms with Crippen LogP contribution in [0.3, 0.4) is 0 Å². The number of hydrogen-bond donors (Lipinski definition) is 2. The SMILES string of the molecule is CN(C)[C@H]1CN(c2ccc(N)cc2)C[C@@H]1O. The molecule has 0 radical (unpaired) electrons. The molecule has 1 aromatic carbocycles. The van der Waals surface area contributed by atoms with Gasteiger partial charge in [-0.3, -0.25) is 0 Å². The minimum absolute atomic E-state index is 0.206. The van der Waals surface area contributed by atoms with Gasteiger partial charge in [0.1, 0.15) is 0 Å². The predicted octanol–water partition coefficient (Wildman–Crippen LogP) is 0.380. The molecular formula is C12H19N3O. The van der Waals surface area contributed by atoms with Gasteiger partial charge < -0.3 is 20.6 Å². The van der Waals surface area contributed by atoms with Gasteiger partial charge in [-0.1, -0.05) is 0 Å². The van der Waals surface area contributed by atoms with Gasteiger partial charge >= 0.3 is 0 Å². The molecule has 1 aromatic rings. The van der Waals surface area contributed by atoms with Gasteiger partial charge in [0, 0.05) is 24.5 Å². The van der Waals surface area contributed by atoms with E-state index in [2.05, 4.69) is 9.80 Å². The van der Waals surface area contributed by atoms with Crippen LogP contribution in [0.15, 0.2) is 24.3 Å². The summed E-state index contributed by atoms with van der Waals surface area (Å²) in [5, 5.41) is 9.94. The summed E-state index contributed by atoms with van der Waals surface area (Å²) in [4.78, 5) is 4.26. The molecule has 1 heterocycles. The molecule has 2 rings (SSSR count). The van der Waals surface area contributed by atoms with Crippen LogP contribution in [0, 0.1) is 0 Å². The molecule has 1 aliphatic rings. The predicted molar refractivity (Wildman–Crippen MR) is 66.5 cm³/mol. The Labute approximate surface area is 96.3 Å². The standard InChI is InChI=1S/C12H19N3O/c1-14(2)11-7-15(8-12(11)16)10-5-3-9(13)4-6-10/h3-6,11-12,16H,7-8,13H2,1-2H3/t11-,12-/m0/s1. The topological polar surface area (TPSA) is 52.7 Å². The molecule has 4 heteroatoms. The summed E-state index contributed by atoms with van der Waals surface area (Å²) in [5.41, 5.74) is 7.55. The number of rotatable bonds is 2. The van der Waals surface area contributed by atoms with Crippen LogP contribution in [-0.2, 0) is 0 Å². The van der Waals surface area contributed by atoms with Crippen LogP contribution in [0.5, 0.6) is 0 Å². The van der Waals surface area contributed by atoms with E-state index in [-0.39, 0.29) is 12.1 Å². The molecule has 0 saturated carbocycles. The minimum Gasteiger partial charge on any atom is -0.399 e. The lowest BCUT2D eigenvalue weighted by Crippen LogP contribution is -2.37. The van der Waals surface area contributed by atoms with E-state index in [1.165, 1.54) is 0 Å². The van der Waals surface area contributed by atoms with E-state index in [1.807, 2.05) is 38.4 Å². The highest BCUT2D eigenvalue weighted by Crippen LogP contribution is 2.23. The van der Waals surface area contributed by atoms with Crippen molar-refractivity contribution >= 4 is 11.4 Å². The lowest BCUT2D eigenvalue weighted by atomic mass is 10.2. The molecule has 88 valence electrons. The van der Waals surface area contributed by atoms with Crippen LogP contribution in [0.25, 0.3) is 0 Å². The van der Waals surface area contributed by atoms with Gasteiger partial charge in [-0.05, 0) is 38.4 Å². The second kappa shape index (κ2) is 4.31. The molecule has 3 N–H and O–H groups in total. The summed E-state index contributed by atoms with van der Waals surface area (Å²) in [7, 11) is 4.00. The fraction of sp³-hybridized carbons (Fsp3) is 0.500. The second-order valence-corrected chi connectivity index (χ2v) is 4.59. The lowest BCUT2D eigenvalue weighted by Gasteiger charge is -2.22. The van der Waals surface area contributed by atoms with Crippen LogP contribution in [0.1, 0.15) is 0 Å². The lowest BCUT2D eigenvalue weighted by molar-refractivity contribution is 0.114. The fourth-order valence-electron chi connectivity index (χ4n) is 2.17. The fourth-order valence-corrected chi connectivity index (χ4v) is 2.17. The number of nitrogens with zero attached hydrogens (tertiary/aromatic N) is 2. The van der Waals surface area contributed by atoms with E-state index in [4.69, 9.17) is 5.73 Å². The van der Waals surface area contributed by atoms with Gasteiger partial charge in [-0.25, -0.2) is 0 Å². The van der Waals surface area contributed by atoms with Crippen molar-refractivity contribution in [2.75, 3.05) is 37.8 Å². The summed E-state index contributed by atoms with van der Waals surface area (Å²) in [5.74, 6) is 0. The first-order valence-electron chi connectivity index (χ1n) is 5.53. The summed E-state index contributed by atoms with van der Waals surface area (Å²) >= 11 is 0. The third kappa shape index (κ3) is 2.13. The summed E-state index contributed by atoms with van der Waals surface area (Å²) in [6.45, 7) is 1.55. The highest BCUT2D eigenvalue weighted by Gasteiger charge is 2.32. The molecule has 4 nitrogen and oxygen atoms in total. The van der Waals surface area contributed by atoms with Crippen molar-refractivity contribution in [3.63, 3.8) is 0 Å². The van der Waals surface area contributed by atoms with Gasteiger partial charge in [0.25, 0.3) is 0 Å². The van der Waals surface area contributed by atoms with Crippen molar-refractivity contribution in [1.82, 2.24) is 4.90 Å².